The fraction of sp³-hybridized carbons (Fsp3) is 0. The van der Waals surface area contributed by atoms with Crippen LogP contribution in [0.3, 0.4) is 0 Å². The van der Waals surface area contributed by atoms with Crippen molar-refractivity contribution in [2.45, 2.75) is 0 Å². The van der Waals surface area contributed by atoms with E-state index in [-0.39, 0.29) is 21.1 Å². The van der Waals surface area contributed by atoms with Crippen molar-refractivity contribution in [2.24, 2.45) is 0 Å². The number of fused-ring (bicyclic) bond motifs is 6. The molecule has 1 aliphatic rings. The second-order valence-electron chi connectivity index (χ2n) is 13.9. The largest absolute Gasteiger partial charge is 0.509 e. The number of hydrogen-bond acceptors (Lipinski definition) is 5. The second kappa shape index (κ2) is 14.8. The molecule has 0 fully saturated rings. The Balaban J connectivity index is 0.00000408. The minimum atomic E-state index is 0. The molecule has 280 valence electrons. The van der Waals surface area contributed by atoms with Crippen molar-refractivity contribution in [3.8, 4) is 39.4 Å². The zero-order valence-corrected chi connectivity index (χ0v) is 33.2. The van der Waals surface area contributed by atoms with Crippen molar-refractivity contribution in [1.29, 1.82) is 0 Å². The fourth-order valence-electron chi connectivity index (χ4n) is 8.11. The Labute approximate surface area is 350 Å². The number of nitrogens with zero attached hydrogens (tertiary/aromatic N) is 5. The molecule has 0 saturated heterocycles. The molecule has 6 nitrogen and oxygen atoms in total. The number of pyridine rings is 2. The number of para-hydroxylation sites is 1. The summed E-state index contributed by atoms with van der Waals surface area (Å²) in [6.45, 7) is 2.19. The number of anilines is 4. The van der Waals surface area contributed by atoms with E-state index in [0.717, 1.165) is 78.0 Å². The summed E-state index contributed by atoms with van der Waals surface area (Å²) >= 11 is 0. The molecule has 0 spiro atoms. The SMILES string of the molecule is [Pt].[c-]1c(Oc2[c-]c(-n3c4ccncc4c4cccnc43)ccc2)cccc1N1[CH-]N(c2c(-c3ccccc3)cccc2-c2ccccc2)c2c1ccc1ccccc21. The standard InChI is InChI=1S/C51H32N5O.Pt/c1-3-13-35(14-4-1)42-23-11-24-43(36-15-5-2-6-16-36)49(42)55-34-54(48-27-26-37-17-7-8-22-44(37)50(48)55)38-18-9-20-40(31-38)57-41-21-10-19-39(32-41)56-47-28-30-52-33-46(47)45-25-12-29-53-51(45)56;/h1-30,33-34H;/q-3;. The van der Waals surface area contributed by atoms with Crippen LogP contribution in [0.4, 0.5) is 22.7 Å². The molecule has 0 radical (unpaired) electrons. The monoisotopic (exact) mass is 925 g/mol. The van der Waals surface area contributed by atoms with Gasteiger partial charge in [0.15, 0.2) is 0 Å². The zero-order valence-electron chi connectivity index (χ0n) is 30.9. The predicted octanol–water partition coefficient (Wildman–Crippen LogP) is 12.9. The summed E-state index contributed by atoms with van der Waals surface area (Å²) in [5, 5.41) is 4.39. The van der Waals surface area contributed by atoms with Gasteiger partial charge in [-0.2, -0.15) is 12.1 Å². The van der Waals surface area contributed by atoms with Crippen molar-refractivity contribution in [2.75, 3.05) is 9.80 Å². The normalized spacial score (nSPS) is 12.2. The van der Waals surface area contributed by atoms with Crippen LogP contribution in [0.15, 0.2) is 188 Å². The van der Waals surface area contributed by atoms with Crippen molar-refractivity contribution in [1.82, 2.24) is 14.5 Å². The molecular weight excluding hydrogens is 894 g/mol. The Bertz CT molecular complexity index is 3000. The molecule has 0 atom stereocenters. The molecule has 4 heterocycles. The molecule has 7 aromatic carbocycles. The molecule has 0 N–H and O–H groups in total. The molecule has 1 aliphatic heterocycles. The Morgan fingerprint density at radius 2 is 1.16 bits per heavy atom. The van der Waals surface area contributed by atoms with Crippen molar-refractivity contribution >= 4 is 55.5 Å². The van der Waals surface area contributed by atoms with Gasteiger partial charge >= 0.3 is 0 Å². The third-order valence-corrected chi connectivity index (χ3v) is 10.6. The topological polar surface area (TPSA) is 46.4 Å². The van der Waals surface area contributed by atoms with E-state index in [0.29, 0.717) is 11.5 Å². The van der Waals surface area contributed by atoms with Crippen LogP contribution >= 0.6 is 0 Å². The average Bonchev–Trinajstić information content (AvgIpc) is 3.84. The van der Waals surface area contributed by atoms with Crippen LogP contribution in [0.2, 0.25) is 0 Å². The van der Waals surface area contributed by atoms with Crippen LogP contribution < -0.4 is 14.5 Å². The maximum absolute atomic E-state index is 6.55. The van der Waals surface area contributed by atoms with E-state index in [9.17, 15) is 0 Å². The molecule has 7 heteroatoms. The molecule has 0 unspecified atom stereocenters. The van der Waals surface area contributed by atoms with Gasteiger partial charge in [-0.1, -0.05) is 115 Å². The molecule has 0 saturated carbocycles. The number of ether oxygens (including phenoxy) is 1. The van der Waals surface area contributed by atoms with Gasteiger partial charge in [0.1, 0.15) is 5.65 Å². The van der Waals surface area contributed by atoms with Gasteiger partial charge in [0.2, 0.25) is 0 Å². The van der Waals surface area contributed by atoms with Crippen LogP contribution in [0, 0.1) is 18.8 Å². The Hall–Kier alpha value is -7.01. The minimum absolute atomic E-state index is 0. The van der Waals surface area contributed by atoms with Gasteiger partial charge in [0.05, 0.1) is 5.52 Å². The van der Waals surface area contributed by atoms with E-state index in [1.165, 1.54) is 5.39 Å². The van der Waals surface area contributed by atoms with Gasteiger partial charge in [0.25, 0.3) is 0 Å². The van der Waals surface area contributed by atoms with Crippen molar-refractivity contribution in [3.05, 3.63) is 207 Å². The third-order valence-electron chi connectivity index (χ3n) is 10.6. The summed E-state index contributed by atoms with van der Waals surface area (Å²) in [6, 6.07) is 65.9. The van der Waals surface area contributed by atoms with Gasteiger partial charge in [-0.25, -0.2) is 4.98 Å². The van der Waals surface area contributed by atoms with E-state index >= 15 is 0 Å². The summed E-state index contributed by atoms with van der Waals surface area (Å²) in [7, 11) is 0. The van der Waals surface area contributed by atoms with Crippen LogP contribution in [-0.4, -0.2) is 14.5 Å². The first kappa shape index (κ1) is 35.4. The number of benzene rings is 7. The summed E-state index contributed by atoms with van der Waals surface area (Å²) in [5.41, 5.74) is 11.3. The van der Waals surface area contributed by atoms with E-state index in [1.807, 2.05) is 54.9 Å². The van der Waals surface area contributed by atoms with Gasteiger partial charge in [-0.15, -0.1) is 48.8 Å². The fourth-order valence-corrected chi connectivity index (χ4v) is 8.11. The zero-order chi connectivity index (χ0) is 37.7. The Morgan fingerprint density at radius 3 is 1.91 bits per heavy atom. The number of aromatic nitrogens is 3. The first-order valence-electron chi connectivity index (χ1n) is 18.9. The summed E-state index contributed by atoms with van der Waals surface area (Å²) < 4.78 is 8.66. The molecule has 10 aromatic rings. The third kappa shape index (κ3) is 6.01. The molecule has 11 rings (SSSR count). The molecular formula is C51H32N5OPt-3. The molecule has 0 bridgehead atoms. The maximum Gasteiger partial charge on any atom is 0.143 e. The second-order valence-corrected chi connectivity index (χ2v) is 13.9. The van der Waals surface area contributed by atoms with Crippen LogP contribution in [0.25, 0.3) is 60.6 Å². The first-order valence-corrected chi connectivity index (χ1v) is 18.9. The molecule has 58 heavy (non-hydrogen) atoms. The average molecular weight is 926 g/mol. The van der Waals surface area contributed by atoms with Gasteiger partial charge in [-0.3, -0.25) is 4.98 Å². The van der Waals surface area contributed by atoms with Crippen molar-refractivity contribution in [3.63, 3.8) is 0 Å². The predicted molar refractivity (Wildman–Crippen MR) is 230 cm³/mol. The Morgan fingerprint density at radius 1 is 0.500 bits per heavy atom. The summed E-state index contributed by atoms with van der Waals surface area (Å²) in [6.07, 6.45) is 5.50. The molecule has 3 aromatic heterocycles. The minimum Gasteiger partial charge on any atom is -0.509 e. The van der Waals surface area contributed by atoms with E-state index in [1.54, 1.807) is 6.20 Å². The van der Waals surface area contributed by atoms with Gasteiger partial charge in [0, 0.05) is 95.5 Å². The van der Waals surface area contributed by atoms with E-state index in [2.05, 4.69) is 166 Å². The summed E-state index contributed by atoms with van der Waals surface area (Å²) in [4.78, 5) is 13.7. The smallest absolute Gasteiger partial charge is 0.143 e. The van der Waals surface area contributed by atoms with Gasteiger partial charge < -0.3 is 19.1 Å². The first-order chi connectivity index (χ1) is 28.3. The maximum atomic E-state index is 6.55. The van der Waals surface area contributed by atoms with Crippen LogP contribution in [0.5, 0.6) is 11.5 Å². The number of hydrogen-bond donors (Lipinski definition) is 0. The van der Waals surface area contributed by atoms with Crippen LogP contribution in [0.1, 0.15) is 0 Å². The summed E-state index contributed by atoms with van der Waals surface area (Å²) in [5.74, 6) is 1.15. The van der Waals surface area contributed by atoms with Gasteiger partial charge in [-0.05, 0) is 40.8 Å². The van der Waals surface area contributed by atoms with E-state index in [4.69, 9.17) is 9.72 Å². The molecule has 0 aliphatic carbocycles. The van der Waals surface area contributed by atoms with Crippen LogP contribution in [-0.2, 0) is 21.1 Å². The quantitative estimate of drug-likeness (QED) is 0.149. The Kier molecular flexibility index (Phi) is 9.04. The number of rotatable bonds is 7. The van der Waals surface area contributed by atoms with Crippen molar-refractivity contribution < 1.29 is 25.8 Å². The molecule has 0 amide bonds. The van der Waals surface area contributed by atoms with E-state index < -0.39 is 0 Å².